The van der Waals surface area contributed by atoms with Gasteiger partial charge in [-0.3, -0.25) is 14.6 Å². The Morgan fingerprint density at radius 2 is 1.60 bits per heavy atom. The van der Waals surface area contributed by atoms with Crippen molar-refractivity contribution in [3.8, 4) is 0 Å². The molecule has 2 saturated heterocycles. The molecule has 0 aromatic rings. The highest BCUT2D eigenvalue weighted by atomic mass is 16.2. The van der Waals surface area contributed by atoms with E-state index in [-0.39, 0.29) is 0 Å². The van der Waals surface area contributed by atoms with Crippen molar-refractivity contribution in [1.29, 1.82) is 0 Å². The first-order valence-corrected chi connectivity index (χ1v) is 5.81. The summed E-state index contributed by atoms with van der Waals surface area (Å²) in [7, 11) is 3.90. The number of piperazine rings is 1. The summed E-state index contributed by atoms with van der Waals surface area (Å²) in [5, 5.41) is 0. The molecule has 2 fully saturated rings. The third-order valence-corrected chi connectivity index (χ3v) is 3.28. The first kappa shape index (κ1) is 10.9. The Hall–Kier alpha value is -0.610. The van der Waals surface area contributed by atoms with Crippen LogP contribution in [0.2, 0.25) is 0 Å². The molecule has 1 amide bonds. The number of nitrogens with zero attached hydrogens (tertiary/aromatic N) is 3. The van der Waals surface area contributed by atoms with Crippen molar-refractivity contribution >= 4 is 5.91 Å². The monoisotopic (exact) mass is 210 g/mol. The molecule has 4 nitrogen and oxygen atoms in total. The number of amides is 1. The normalized spacial score (nSPS) is 24.7. The van der Waals surface area contributed by atoms with Crippen LogP contribution in [0.1, 0.15) is 12.8 Å². The van der Waals surface area contributed by atoms with Gasteiger partial charge in [-0.25, -0.2) is 0 Å². The van der Waals surface area contributed by atoms with E-state index in [1.807, 2.05) is 4.90 Å². The molecule has 0 atom stereocenters. The van der Waals surface area contributed by atoms with Gasteiger partial charge in [0.25, 0.3) is 0 Å². The Bertz CT molecular complexity index is 218. The minimum Gasteiger partial charge on any atom is -0.342 e. The van der Waals surface area contributed by atoms with Gasteiger partial charge < -0.3 is 4.90 Å². The zero-order chi connectivity index (χ0) is 10.7. The summed E-state index contributed by atoms with van der Waals surface area (Å²) in [5.41, 5.74) is 0. The van der Waals surface area contributed by atoms with E-state index >= 15 is 0 Å². The van der Waals surface area contributed by atoms with Crippen molar-refractivity contribution in [3.05, 3.63) is 7.05 Å². The first-order valence-electron chi connectivity index (χ1n) is 5.81. The van der Waals surface area contributed by atoms with E-state index in [2.05, 4.69) is 16.8 Å². The third kappa shape index (κ3) is 2.92. The molecule has 0 saturated carbocycles. The zero-order valence-electron chi connectivity index (χ0n) is 9.32. The molecule has 2 aliphatic heterocycles. The molecule has 0 N–H and O–H groups in total. The predicted octanol–water partition coefficient (Wildman–Crippen LogP) is 0.0180. The number of carbonyl (C=O) groups excluding carboxylic acids is 1. The predicted molar refractivity (Wildman–Crippen MR) is 59.2 cm³/mol. The van der Waals surface area contributed by atoms with Gasteiger partial charge in [0.2, 0.25) is 5.91 Å². The lowest BCUT2D eigenvalue weighted by Gasteiger charge is -2.32. The van der Waals surface area contributed by atoms with Gasteiger partial charge in [-0.2, -0.15) is 0 Å². The Morgan fingerprint density at radius 1 is 1.00 bits per heavy atom. The van der Waals surface area contributed by atoms with Crippen LogP contribution < -0.4 is 0 Å². The van der Waals surface area contributed by atoms with Crippen LogP contribution in [0.4, 0.5) is 0 Å². The third-order valence-electron chi connectivity index (χ3n) is 3.28. The van der Waals surface area contributed by atoms with Gasteiger partial charge in [0.05, 0.1) is 6.54 Å². The van der Waals surface area contributed by atoms with Crippen molar-refractivity contribution < 1.29 is 4.79 Å². The molecule has 4 heteroatoms. The maximum atomic E-state index is 11.9. The van der Waals surface area contributed by atoms with Gasteiger partial charge in [-0.05, 0) is 12.8 Å². The van der Waals surface area contributed by atoms with Crippen LogP contribution in [0.15, 0.2) is 0 Å². The van der Waals surface area contributed by atoms with Crippen LogP contribution in [0.25, 0.3) is 0 Å². The maximum Gasteiger partial charge on any atom is 0.236 e. The van der Waals surface area contributed by atoms with Crippen molar-refractivity contribution in [3.63, 3.8) is 0 Å². The summed E-state index contributed by atoms with van der Waals surface area (Å²) >= 11 is 0. The molecule has 0 spiro atoms. The smallest absolute Gasteiger partial charge is 0.236 e. The zero-order valence-corrected chi connectivity index (χ0v) is 9.32. The van der Waals surface area contributed by atoms with E-state index in [0.29, 0.717) is 12.5 Å². The van der Waals surface area contributed by atoms with E-state index in [0.717, 1.165) is 39.3 Å². The Balaban J connectivity index is 1.74. The van der Waals surface area contributed by atoms with Crippen molar-refractivity contribution in [2.75, 3.05) is 45.8 Å². The van der Waals surface area contributed by atoms with Crippen molar-refractivity contribution in [2.45, 2.75) is 12.8 Å². The fraction of sp³-hybridized carbons (Fsp3) is 0.818. The van der Waals surface area contributed by atoms with E-state index in [9.17, 15) is 4.79 Å². The molecular weight excluding hydrogens is 190 g/mol. The van der Waals surface area contributed by atoms with Gasteiger partial charge in [0.15, 0.2) is 0 Å². The molecule has 85 valence electrons. The second-order valence-corrected chi connectivity index (χ2v) is 4.48. The lowest BCUT2D eigenvalue weighted by molar-refractivity contribution is -0.131. The first-order chi connectivity index (χ1) is 7.25. The number of hydrogen-bond donors (Lipinski definition) is 0. The van der Waals surface area contributed by atoms with E-state index < -0.39 is 0 Å². The van der Waals surface area contributed by atoms with Gasteiger partial charge in [-0.1, -0.05) is 0 Å². The summed E-state index contributed by atoms with van der Waals surface area (Å²) in [4.78, 5) is 18.2. The van der Waals surface area contributed by atoms with E-state index in [4.69, 9.17) is 0 Å². The highest BCUT2D eigenvalue weighted by Gasteiger charge is 2.22. The number of likely N-dealkylation sites (tertiary alicyclic amines) is 1. The standard InChI is InChI=1S/C11H20N3O/c1-12-6-8-13(9-7-12)10-11(15)14-4-2-3-5-14/h1-10H2. The van der Waals surface area contributed by atoms with E-state index in [1.165, 1.54) is 12.8 Å². The van der Waals surface area contributed by atoms with Crippen molar-refractivity contribution in [1.82, 2.24) is 14.7 Å². The fourth-order valence-electron chi connectivity index (χ4n) is 2.21. The minimum absolute atomic E-state index is 0.310. The summed E-state index contributed by atoms with van der Waals surface area (Å²) < 4.78 is 0. The Kier molecular flexibility index (Phi) is 3.59. The highest BCUT2D eigenvalue weighted by Crippen LogP contribution is 2.08. The molecule has 15 heavy (non-hydrogen) atoms. The average molecular weight is 210 g/mol. The summed E-state index contributed by atoms with van der Waals surface area (Å²) in [6.07, 6.45) is 2.36. The van der Waals surface area contributed by atoms with Crippen LogP contribution in [0.5, 0.6) is 0 Å². The van der Waals surface area contributed by atoms with Gasteiger partial charge >= 0.3 is 0 Å². The summed E-state index contributed by atoms with van der Waals surface area (Å²) in [6, 6.07) is 0. The minimum atomic E-state index is 0.310. The molecule has 0 aromatic carbocycles. The average Bonchev–Trinajstić information content (AvgIpc) is 2.74. The number of hydrogen-bond acceptors (Lipinski definition) is 3. The van der Waals surface area contributed by atoms with Crippen LogP contribution in [0.3, 0.4) is 0 Å². The number of carbonyl (C=O) groups is 1. The summed E-state index contributed by atoms with van der Waals surface area (Å²) in [6.45, 7) is 6.45. The number of rotatable bonds is 2. The van der Waals surface area contributed by atoms with Crippen LogP contribution in [-0.2, 0) is 4.79 Å². The highest BCUT2D eigenvalue weighted by molar-refractivity contribution is 5.78. The van der Waals surface area contributed by atoms with Crippen LogP contribution in [0, 0.1) is 7.05 Å². The largest absolute Gasteiger partial charge is 0.342 e. The Labute approximate surface area is 91.8 Å². The molecule has 0 aliphatic carbocycles. The van der Waals surface area contributed by atoms with Crippen LogP contribution >= 0.6 is 0 Å². The van der Waals surface area contributed by atoms with Gasteiger partial charge in [0.1, 0.15) is 0 Å². The topological polar surface area (TPSA) is 26.8 Å². The molecule has 2 heterocycles. The molecule has 0 bridgehead atoms. The SMILES string of the molecule is [CH2]N1CCN(CC(=O)N2CCCC2)CC1. The quantitative estimate of drug-likeness (QED) is 0.643. The fourth-order valence-corrected chi connectivity index (χ4v) is 2.21. The molecule has 0 aromatic heterocycles. The second kappa shape index (κ2) is 4.94. The lowest BCUT2D eigenvalue weighted by Crippen LogP contribution is -2.48. The van der Waals surface area contributed by atoms with E-state index in [1.54, 1.807) is 0 Å². The lowest BCUT2D eigenvalue weighted by atomic mass is 10.3. The van der Waals surface area contributed by atoms with Gasteiger partial charge in [0, 0.05) is 46.3 Å². The molecule has 0 unspecified atom stereocenters. The second-order valence-electron chi connectivity index (χ2n) is 4.48. The van der Waals surface area contributed by atoms with Crippen molar-refractivity contribution in [2.24, 2.45) is 0 Å². The van der Waals surface area contributed by atoms with Gasteiger partial charge in [-0.15, -0.1) is 0 Å². The molecule has 2 aliphatic rings. The Morgan fingerprint density at radius 3 is 2.20 bits per heavy atom. The van der Waals surface area contributed by atoms with Crippen LogP contribution in [-0.4, -0.2) is 66.4 Å². The molecule has 2 rings (SSSR count). The molecule has 1 radical (unpaired) electrons. The molecular formula is C11H20N3O. The maximum absolute atomic E-state index is 11.9. The summed E-state index contributed by atoms with van der Waals surface area (Å²) in [5.74, 6) is 0.310.